The molecule has 0 atom stereocenters. The van der Waals surface area contributed by atoms with Crippen molar-refractivity contribution in [3.05, 3.63) is 41.0 Å². The van der Waals surface area contributed by atoms with Gasteiger partial charge in [-0.1, -0.05) is 12.1 Å². The number of anilines is 2. The van der Waals surface area contributed by atoms with E-state index < -0.39 is 0 Å². The van der Waals surface area contributed by atoms with Crippen LogP contribution in [0.4, 0.5) is 11.5 Å². The van der Waals surface area contributed by atoms with Crippen molar-refractivity contribution in [2.45, 2.75) is 33.8 Å². The van der Waals surface area contributed by atoms with E-state index in [9.17, 15) is 4.79 Å². The Morgan fingerprint density at radius 2 is 2.04 bits per heavy atom. The number of esters is 1. The summed E-state index contributed by atoms with van der Waals surface area (Å²) in [7, 11) is 0. The number of aromatic nitrogens is 2. The van der Waals surface area contributed by atoms with E-state index in [1.54, 1.807) is 6.92 Å². The molecule has 136 valence electrons. The van der Waals surface area contributed by atoms with Crippen LogP contribution in [0, 0.1) is 6.92 Å². The van der Waals surface area contributed by atoms with E-state index in [1.165, 1.54) is 17.7 Å². The summed E-state index contributed by atoms with van der Waals surface area (Å²) in [4.78, 5) is 22.2. The Morgan fingerprint density at radius 1 is 1.27 bits per heavy atom. The van der Waals surface area contributed by atoms with Crippen molar-refractivity contribution in [1.29, 1.82) is 0 Å². The van der Waals surface area contributed by atoms with Crippen molar-refractivity contribution in [3.8, 4) is 5.75 Å². The van der Waals surface area contributed by atoms with E-state index in [0.717, 1.165) is 27.2 Å². The predicted molar refractivity (Wildman–Crippen MR) is 104 cm³/mol. The molecule has 3 rings (SSSR count). The van der Waals surface area contributed by atoms with Crippen LogP contribution in [-0.2, 0) is 4.74 Å². The highest BCUT2D eigenvalue weighted by Gasteiger charge is 2.20. The van der Waals surface area contributed by atoms with Crippen LogP contribution in [0.15, 0.2) is 30.6 Å². The minimum atomic E-state index is -0.331. The number of benzene rings is 1. The summed E-state index contributed by atoms with van der Waals surface area (Å²) >= 11 is 1.31. The van der Waals surface area contributed by atoms with Crippen LogP contribution >= 0.6 is 11.3 Å². The SMILES string of the molecule is CCOC(=O)c1sc2ncnc(Nc3ccccc3OC(C)C)c2c1C. The van der Waals surface area contributed by atoms with Crippen LogP contribution < -0.4 is 10.1 Å². The first-order valence-corrected chi connectivity index (χ1v) is 9.26. The molecule has 0 radical (unpaired) electrons. The summed E-state index contributed by atoms with van der Waals surface area (Å²) < 4.78 is 11.0. The first-order chi connectivity index (χ1) is 12.5. The average Bonchev–Trinajstić information content (AvgIpc) is 2.94. The Hall–Kier alpha value is -2.67. The lowest BCUT2D eigenvalue weighted by atomic mass is 10.2. The summed E-state index contributed by atoms with van der Waals surface area (Å²) in [6.07, 6.45) is 1.54. The molecule has 3 aromatic rings. The molecule has 2 heterocycles. The smallest absolute Gasteiger partial charge is 0.348 e. The summed E-state index contributed by atoms with van der Waals surface area (Å²) in [6.45, 7) is 7.97. The zero-order valence-electron chi connectivity index (χ0n) is 15.2. The van der Waals surface area contributed by atoms with Gasteiger partial charge in [-0.25, -0.2) is 14.8 Å². The second-order valence-electron chi connectivity index (χ2n) is 5.97. The largest absolute Gasteiger partial charge is 0.489 e. The Balaban J connectivity index is 2.03. The maximum absolute atomic E-state index is 12.2. The number of hydrogen-bond acceptors (Lipinski definition) is 7. The van der Waals surface area contributed by atoms with Gasteiger partial charge in [-0.15, -0.1) is 11.3 Å². The van der Waals surface area contributed by atoms with Crippen LogP contribution in [-0.4, -0.2) is 28.6 Å². The predicted octanol–water partition coefficient (Wildman–Crippen LogP) is 4.71. The number of carbonyl (C=O) groups excluding carboxylic acids is 1. The third-order valence-electron chi connectivity index (χ3n) is 3.69. The van der Waals surface area contributed by atoms with Gasteiger partial charge in [-0.05, 0) is 45.4 Å². The molecule has 6 nitrogen and oxygen atoms in total. The summed E-state index contributed by atoms with van der Waals surface area (Å²) in [5, 5.41) is 4.14. The molecule has 1 N–H and O–H groups in total. The molecule has 0 saturated heterocycles. The van der Waals surface area contributed by atoms with Crippen molar-refractivity contribution in [3.63, 3.8) is 0 Å². The van der Waals surface area contributed by atoms with Crippen LogP contribution in [0.2, 0.25) is 0 Å². The van der Waals surface area contributed by atoms with E-state index in [1.807, 2.05) is 45.0 Å². The molecule has 0 saturated carbocycles. The summed E-state index contributed by atoms with van der Waals surface area (Å²) in [5.74, 6) is 1.05. The lowest BCUT2D eigenvalue weighted by Gasteiger charge is -2.15. The van der Waals surface area contributed by atoms with Crippen LogP contribution in [0.1, 0.15) is 36.0 Å². The fourth-order valence-corrected chi connectivity index (χ4v) is 3.65. The molecule has 0 amide bonds. The van der Waals surface area contributed by atoms with Crippen molar-refractivity contribution < 1.29 is 14.3 Å². The van der Waals surface area contributed by atoms with Crippen LogP contribution in [0.25, 0.3) is 10.2 Å². The lowest BCUT2D eigenvalue weighted by Crippen LogP contribution is -2.07. The standard InChI is InChI=1S/C19H21N3O3S/c1-5-24-19(23)16-12(4)15-17(20-10-21-18(15)26-16)22-13-8-6-7-9-14(13)25-11(2)3/h6-11H,5H2,1-4H3,(H,20,21,22). The lowest BCUT2D eigenvalue weighted by molar-refractivity contribution is 0.0531. The van der Waals surface area contributed by atoms with Gasteiger partial charge in [0.05, 0.1) is 23.8 Å². The topological polar surface area (TPSA) is 73.3 Å². The molecule has 0 spiro atoms. The summed E-state index contributed by atoms with van der Waals surface area (Å²) in [5.41, 5.74) is 1.62. The van der Waals surface area contributed by atoms with Gasteiger partial charge in [0.15, 0.2) is 0 Å². The normalized spacial score (nSPS) is 11.0. The molecule has 0 bridgehead atoms. The van der Waals surface area contributed by atoms with Gasteiger partial charge in [-0.3, -0.25) is 0 Å². The number of fused-ring (bicyclic) bond motifs is 1. The zero-order valence-corrected chi connectivity index (χ0v) is 16.0. The molecule has 26 heavy (non-hydrogen) atoms. The molecule has 0 aliphatic heterocycles. The molecule has 0 fully saturated rings. The molecule has 0 aliphatic carbocycles. The van der Waals surface area contributed by atoms with Crippen molar-refractivity contribution in [1.82, 2.24) is 9.97 Å². The first kappa shape index (κ1) is 18.1. The molecule has 7 heteroatoms. The van der Waals surface area contributed by atoms with Crippen molar-refractivity contribution >= 4 is 39.0 Å². The van der Waals surface area contributed by atoms with Crippen molar-refractivity contribution in [2.24, 2.45) is 0 Å². The molecular weight excluding hydrogens is 350 g/mol. The van der Waals surface area contributed by atoms with Gasteiger partial charge >= 0.3 is 5.97 Å². The van der Waals surface area contributed by atoms with Gasteiger partial charge in [0, 0.05) is 0 Å². The molecule has 0 aliphatic rings. The van der Waals surface area contributed by atoms with E-state index in [4.69, 9.17) is 9.47 Å². The van der Waals surface area contributed by atoms with Gasteiger partial charge in [0.25, 0.3) is 0 Å². The quantitative estimate of drug-likeness (QED) is 0.633. The number of nitrogens with zero attached hydrogens (tertiary/aromatic N) is 2. The highest BCUT2D eigenvalue weighted by molar-refractivity contribution is 7.20. The van der Waals surface area contributed by atoms with E-state index in [2.05, 4.69) is 15.3 Å². The monoisotopic (exact) mass is 371 g/mol. The maximum atomic E-state index is 12.2. The van der Waals surface area contributed by atoms with Gasteiger partial charge in [0.1, 0.15) is 27.6 Å². The second-order valence-corrected chi connectivity index (χ2v) is 6.97. The maximum Gasteiger partial charge on any atom is 0.348 e. The fourth-order valence-electron chi connectivity index (χ4n) is 2.61. The third-order valence-corrected chi connectivity index (χ3v) is 4.87. The van der Waals surface area contributed by atoms with Crippen LogP contribution in [0.3, 0.4) is 0 Å². The number of ether oxygens (including phenoxy) is 2. The van der Waals surface area contributed by atoms with Crippen molar-refractivity contribution in [2.75, 3.05) is 11.9 Å². The Kier molecular flexibility index (Phi) is 5.37. The summed E-state index contributed by atoms with van der Waals surface area (Å²) in [6, 6.07) is 7.69. The minimum Gasteiger partial charge on any atom is -0.489 e. The van der Waals surface area contributed by atoms with Crippen LogP contribution in [0.5, 0.6) is 5.75 Å². The average molecular weight is 371 g/mol. The number of para-hydroxylation sites is 2. The molecule has 1 aromatic carbocycles. The Labute approximate surface area is 156 Å². The molecular formula is C19H21N3O3S. The fraction of sp³-hybridized carbons (Fsp3) is 0.316. The van der Waals surface area contributed by atoms with E-state index in [0.29, 0.717) is 17.3 Å². The van der Waals surface area contributed by atoms with Gasteiger partial charge < -0.3 is 14.8 Å². The minimum absolute atomic E-state index is 0.0571. The van der Waals surface area contributed by atoms with E-state index in [-0.39, 0.29) is 12.1 Å². The Bertz CT molecular complexity index is 937. The first-order valence-electron chi connectivity index (χ1n) is 8.45. The van der Waals surface area contributed by atoms with E-state index >= 15 is 0 Å². The number of nitrogens with one attached hydrogen (secondary N) is 1. The molecule has 0 unspecified atom stereocenters. The Morgan fingerprint density at radius 3 is 2.77 bits per heavy atom. The van der Waals surface area contributed by atoms with Gasteiger partial charge in [0.2, 0.25) is 0 Å². The number of rotatable bonds is 6. The highest BCUT2D eigenvalue weighted by Crippen LogP contribution is 2.36. The number of aryl methyl sites for hydroxylation is 1. The second kappa shape index (κ2) is 7.70. The molecule has 2 aromatic heterocycles. The zero-order chi connectivity index (χ0) is 18.7. The number of thiophene rings is 1. The number of carbonyl (C=O) groups is 1. The number of hydrogen-bond donors (Lipinski definition) is 1. The third kappa shape index (κ3) is 3.62. The highest BCUT2D eigenvalue weighted by atomic mass is 32.1. The van der Waals surface area contributed by atoms with Gasteiger partial charge in [-0.2, -0.15) is 0 Å².